The second kappa shape index (κ2) is 12.2. The van der Waals surface area contributed by atoms with Crippen molar-refractivity contribution in [3.8, 4) is 39.2 Å². The van der Waals surface area contributed by atoms with E-state index < -0.39 is 0 Å². The van der Waals surface area contributed by atoms with Crippen LogP contribution in [0.1, 0.15) is 0 Å². The highest BCUT2D eigenvalue weighted by atomic mass is 16.3. The van der Waals surface area contributed by atoms with Crippen LogP contribution in [0.2, 0.25) is 0 Å². The molecule has 0 unspecified atom stereocenters. The van der Waals surface area contributed by atoms with Gasteiger partial charge in [-0.05, 0) is 93.0 Å². The first-order chi connectivity index (χ1) is 29.2. The quantitative estimate of drug-likeness (QED) is 0.168. The Morgan fingerprint density at radius 1 is 0.407 bits per heavy atom. The predicted octanol–water partition coefficient (Wildman–Crippen LogP) is 14.7. The van der Waals surface area contributed by atoms with Gasteiger partial charge in [0.05, 0.1) is 28.3 Å². The van der Waals surface area contributed by atoms with Gasteiger partial charge in [0, 0.05) is 38.2 Å². The number of aromatic nitrogens is 3. The molecule has 59 heavy (non-hydrogen) atoms. The fraction of sp³-hybridized carbons (Fsp3) is 0. The van der Waals surface area contributed by atoms with Crippen LogP contribution >= 0.6 is 0 Å². The largest absolute Gasteiger partial charge is 0.456 e. The van der Waals surface area contributed by atoms with E-state index in [0.29, 0.717) is 5.71 Å². The van der Waals surface area contributed by atoms with Crippen LogP contribution < -0.4 is 0 Å². The summed E-state index contributed by atoms with van der Waals surface area (Å²) in [4.78, 5) is 10.2. The van der Waals surface area contributed by atoms with Crippen LogP contribution in [0.5, 0.6) is 0 Å². The zero-order valence-corrected chi connectivity index (χ0v) is 31.6. The average molecular weight is 754 g/mol. The summed E-state index contributed by atoms with van der Waals surface area (Å²) in [5.41, 5.74) is 13.5. The summed E-state index contributed by atoms with van der Waals surface area (Å²) in [5, 5.41) is 9.98. The van der Waals surface area contributed by atoms with E-state index in [4.69, 9.17) is 18.8 Å². The summed E-state index contributed by atoms with van der Waals surface area (Å²) in [6.45, 7) is 0. The highest BCUT2D eigenvalue weighted by Gasteiger charge is 2.20. The van der Waals surface area contributed by atoms with Gasteiger partial charge in [-0.2, -0.15) is 0 Å². The number of rotatable bonds is 4. The second-order valence-electron chi connectivity index (χ2n) is 15.3. The van der Waals surface area contributed by atoms with Gasteiger partial charge in [0.25, 0.3) is 0 Å². The minimum absolute atomic E-state index is 0.518. The minimum atomic E-state index is 0.518. The molecule has 0 N–H and O–H groups in total. The van der Waals surface area contributed by atoms with Crippen LogP contribution in [0.4, 0.5) is 0 Å². The highest BCUT2D eigenvalue weighted by molar-refractivity contribution is 6.29. The van der Waals surface area contributed by atoms with Gasteiger partial charge in [-0.1, -0.05) is 127 Å². The Kier molecular flexibility index (Phi) is 6.66. The molecule has 13 aromatic rings. The summed E-state index contributed by atoms with van der Waals surface area (Å²) in [6.07, 6.45) is 1.87. The first-order valence-corrected chi connectivity index (χ1v) is 19.9. The molecule has 0 spiro atoms. The molecule has 0 fully saturated rings. The molecule has 0 saturated heterocycles. The number of hydrogen-bond donors (Lipinski definition) is 0. The average Bonchev–Trinajstić information content (AvgIpc) is 3.99. The van der Waals surface area contributed by atoms with Gasteiger partial charge >= 0.3 is 0 Å². The molecular weight excluding hydrogens is 723 g/mol. The van der Waals surface area contributed by atoms with Crippen molar-refractivity contribution >= 4 is 87.5 Å². The van der Waals surface area contributed by atoms with Crippen molar-refractivity contribution < 1.29 is 8.83 Å². The molecule has 0 aliphatic heterocycles. The topological polar surface area (TPSA) is 57.0 Å². The molecule has 0 atom stereocenters. The third kappa shape index (κ3) is 4.73. The summed E-state index contributed by atoms with van der Waals surface area (Å²) >= 11 is 0. The molecule has 9 aromatic carbocycles. The Balaban J connectivity index is 0.933. The van der Waals surface area contributed by atoms with E-state index in [1.807, 2.05) is 18.3 Å². The maximum atomic E-state index is 6.61. The zero-order chi connectivity index (χ0) is 38.6. The van der Waals surface area contributed by atoms with Gasteiger partial charge in [-0.3, -0.25) is 0 Å². The monoisotopic (exact) mass is 753 g/mol. The lowest BCUT2D eigenvalue weighted by atomic mass is 9.96. The zero-order valence-electron chi connectivity index (χ0n) is 31.6. The van der Waals surface area contributed by atoms with Crippen molar-refractivity contribution in [3.05, 3.63) is 188 Å². The SMILES string of the molecule is c1ccc(-n2c3ccccc3c3cc(-c4cccc(-c5ccc6oc7cccc(-c8cnc9c(n8)oc8c%10ccccc%10c%10ccccc%10c98)c7c6c5)c4)ccc32)cc1. The van der Waals surface area contributed by atoms with E-state index in [-0.39, 0.29) is 0 Å². The van der Waals surface area contributed by atoms with Gasteiger partial charge in [-0.15, -0.1) is 0 Å². The van der Waals surface area contributed by atoms with Crippen molar-refractivity contribution in [3.63, 3.8) is 0 Å². The molecule has 5 nitrogen and oxygen atoms in total. The van der Waals surface area contributed by atoms with Crippen molar-refractivity contribution in [1.82, 2.24) is 14.5 Å². The molecule has 274 valence electrons. The number of fused-ring (bicyclic) bond motifs is 14. The molecule has 0 aliphatic carbocycles. The van der Waals surface area contributed by atoms with Gasteiger partial charge in [0.15, 0.2) is 0 Å². The maximum Gasteiger partial charge on any atom is 0.246 e. The standard InChI is InChI=1S/C54H31N3O2/c1-2-14-36(15-3-1)57-46-22-9-8-18-39(46)43-29-34(24-26-47(43)57)32-12-10-13-33(28-32)35-25-27-48-44(30-35)50-42(21-11-23-49(50)58-48)45-31-55-52-51-40-19-6-4-16-37(40)38-17-5-7-20-41(38)53(51)59-54(52)56-45/h1-31H. The molecule has 0 amide bonds. The van der Waals surface area contributed by atoms with E-state index in [1.54, 1.807) is 0 Å². The van der Waals surface area contributed by atoms with E-state index in [0.717, 1.165) is 88.2 Å². The van der Waals surface area contributed by atoms with Crippen molar-refractivity contribution in [1.29, 1.82) is 0 Å². The van der Waals surface area contributed by atoms with Gasteiger partial charge in [0.1, 0.15) is 22.3 Å². The molecule has 0 aliphatic rings. The van der Waals surface area contributed by atoms with Crippen LogP contribution in [-0.2, 0) is 0 Å². The highest BCUT2D eigenvalue weighted by Crippen LogP contribution is 2.43. The lowest BCUT2D eigenvalue weighted by Crippen LogP contribution is -1.92. The van der Waals surface area contributed by atoms with Crippen LogP contribution in [0.15, 0.2) is 197 Å². The number of para-hydroxylation sites is 2. The fourth-order valence-corrected chi connectivity index (χ4v) is 9.40. The molecule has 0 bridgehead atoms. The van der Waals surface area contributed by atoms with Crippen LogP contribution in [-0.4, -0.2) is 14.5 Å². The van der Waals surface area contributed by atoms with E-state index in [9.17, 15) is 0 Å². The number of nitrogens with zero attached hydrogens (tertiary/aromatic N) is 3. The minimum Gasteiger partial charge on any atom is -0.456 e. The summed E-state index contributed by atoms with van der Waals surface area (Å²) < 4.78 is 15.4. The summed E-state index contributed by atoms with van der Waals surface area (Å²) in [5.74, 6) is 0. The van der Waals surface area contributed by atoms with Crippen molar-refractivity contribution in [2.24, 2.45) is 0 Å². The molecule has 5 heteroatoms. The molecule has 0 saturated carbocycles. The van der Waals surface area contributed by atoms with Gasteiger partial charge in [0.2, 0.25) is 5.71 Å². The molecular formula is C54H31N3O2. The number of furan rings is 2. The Morgan fingerprint density at radius 3 is 1.88 bits per heavy atom. The smallest absolute Gasteiger partial charge is 0.246 e. The number of benzene rings is 9. The lowest BCUT2D eigenvalue weighted by molar-refractivity contribution is 0.657. The first-order valence-electron chi connectivity index (χ1n) is 19.9. The van der Waals surface area contributed by atoms with Crippen LogP contribution in [0.25, 0.3) is 127 Å². The number of hydrogen-bond acceptors (Lipinski definition) is 4. The molecule has 4 aromatic heterocycles. The Labute approximate surface area is 337 Å². The van der Waals surface area contributed by atoms with Gasteiger partial charge < -0.3 is 13.4 Å². The molecule has 0 radical (unpaired) electrons. The second-order valence-corrected chi connectivity index (χ2v) is 15.3. The predicted molar refractivity (Wildman–Crippen MR) is 242 cm³/mol. The van der Waals surface area contributed by atoms with Gasteiger partial charge in [-0.25, -0.2) is 9.97 Å². The Bertz CT molecular complexity index is 3850. The van der Waals surface area contributed by atoms with E-state index >= 15 is 0 Å². The van der Waals surface area contributed by atoms with Crippen LogP contribution in [0.3, 0.4) is 0 Å². The third-order valence-electron chi connectivity index (χ3n) is 12.0. The lowest BCUT2D eigenvalue weighted by Gasteiger charge is -2.09. The Morgan fingerprint density at radius 2 is 1.05 bits per heavy atom. The van der Waals surface area contributed by atoms with E-state index in [1.165, 1.54) is 32.8 Å². The van der Waals surface area contributed by atoms with Crippen molar-refractivity contribution in [2.45, 2.75) is 0 Å². The Hall–Kier alpha value is -8.02. The first kappa shape index (κ1) is 32.1. The third-order valence-corrected chi connectivity index (χ3v) is 12.0. The normalized spacial score (nSPS) is 12.1. The summed E-state index contributed by atoms with van der Waals surface area (Å²) in [6, 6.07) is 64.4. The van der Waals surface area contributed by atoms with Crippen LogP contribution in [0, 0.1) is 0 Å². The maximum absolute atomic E-state index is 6.61. The molecule has 4 heterocycles. The van der Waals surface area contributed by atoms with Crippen molar-refractivity contribution in [2.75, 3.05) is 0 Å². The molecule has 13 rings (SSSR count). The summed E-state index contributed by atoms with van der Waals surface area (Å²) in [7, 11) is 0. The van der Waals surface area contributed by atoms with E-state index in [2.05, 4.69) is 174 Å². The fourth-order valence-electron chi connectivity index (χ4n) is 9.40.